The predicted molar refractivity (Wildman–Crippen MR) is 233 cm³/mol. The average Bonchev–Trinajstić information content (AvgIpc) is 3.55. The van der Waals surface area contributed by atoms with Gasteiger partial charge in [-0.2, -0.15) is 0 Å². The fourth-order valence-corrected chi connectivity index (χ4v) is 11.0. The number of imide groups is 1. The first-order valence-corrected chi connectivity index (χ1v) is 25.0. The molecule has 0 aromatic heterocycles. The topological polar surface area (TPSA) is 102 Å². The number of carbonyl (C=O) groups excluding carboxylic acids is 2. The van der Waals surface area contributed by atoms with Gasteiger partial charge in [0.1, 0.15) is 12.4 Å². The lowest BCUT2D eigenvalue weighted by Crippen LogP contribution is -2.57. The first kappa shape index (κ1) is 47.2. The molecule has 2 aromatic rings. The van der Waals surface area contributed by atoms with E-state index >= 15 is 0 Å². The maximum atomic E-state index is 14.2. The van der Waals surface area contributed by atoms with E-state index in [9.17, 15) is 9.59 Å². The van der Waals surface area contributed by atoms with Crippen LogP contribution in [0, 0.1) is 35.5 Å². The maximum absolute atomic E-state index is 14.2. The molecule has 3 aliphatic rings. The molecule has 3 fully saturated rings. The van der Waals surface area contributed by atoms with Crippen LogP contribution in [0.5, 0.6) is 5.75 Å². The van der Waals surface area contributed by atoms with E-state index in [4.69, 9.17) is 32.8 Å². The molecular formula is C48H75NO9Si. The summed E-state index contributed by atoms with van der Waals surface area (Å²) < 4.78 is 45.2. The lowest BCUT2D eigenvalue weighted by Gasteiger charge is -2.50. The van der Waals surface area contributed by atoms with Crippen molar-refractivity contribution in [2.24, 2.45) is 35.5 Å². The van der Waals surface area contributed by atoms with Gasteiger partial charge < -0.3 is 32.8 Å². The van der Waals surface area contributed by atoms with E-state index in [1.807, 2.05) is 75.4 Å². The lowest BCUT2D eigenvalue weighted by molar-refractivity contribution is -0.334. The van der Waals surface area contributed by atoms with Gasteiger partial charge in [-0.05, 0) is 80.8 Å². The van der Waals surface area contributed by atoms with Crippen LogP contribution in [0.4, 0.5) is 4.79 Å². The summed E-state index contributed by atoms with van der Waals surface area (Å²) in [6.07, 6.45) is 0.249. The zero-order valence-electron chi connectivity index (χ0n) is 38.7. The van der Waals surface area contributed by atoms with Gasteiger partial charge in [-0.25, -0.2) is 9.69 Å². The molecule has 11 heteroatoms. The highest BCUT2D eigenvalue weighted by Gasteiger charge is 2.51. The Bertz CT molecular complexity index is 1680. The smallest absolute Gasteiger partial charge is 0.416 e. The largest absolute Gasteiger partial charge is 0.497 e. The number of carbonyl (C=O) groups is 2. The number of hydrogen-bond donors (Lipinski definition) is 0. The zero-order chi connectivity index (χ0) is 43.6. The van der Waals surface area contributed by atoms with Crippen molar-refractivity contribution in [1.29, 1.82) is 0 Å². The molecule has 0 spiro atoms. The first-order chi connectivity index (χ1) is 27.6. The molecule has 13 atom stereocenters. The van der Waals surface area contributed by atoms with Gasteiger partial charge in [-0.15, -0.1) is 0 Å². The number of ether oxygens (including phenoxy) is 6. The van der Waals surface area contributed by atoms with Gasteiger partial charge in [-0.1, -0.05) is 112 Å². The van der Waals surface area contributed by atoms with E-state index in [0.29, 0.717) is 6.42 Å². The molecule has 2 aromatic carbocycles. The normalized spacial score (nSPS) is 30.2. The Labute approximate surface area is 356 Å². The van der Waals surface area contributed by atoms with E-state index in [2.05, 4.69) is 75.4 Å². The van der Waals surface area contributed by atoms with Crippen LogP contribution < -0.4 is 4.74 Å². The fourth-order valence-electron chi connectivity index (χ4n) is 9.51. The Morgan fingerprint density at radius 2 is 1.46 bits per heavy atom. The van der Waals surface area contributed by atoms with Crippen LogP contribution in [-0.2, 0) is 39.3 Å². The molecule has 10 nitrogen and oxygen atoms in total. The first-order valence-electron chi connectivity index (χ1n) is 22.1. The minimum absolute atomic E-state index is 0.0456. The molecule has 330 valence electrons. The summed E-state index contributed by atoms with van der Waals surface area (Å²) in [4.78, 5) is 28.6. The van der Waals surface area contributed by atoms with Gasteiger partial charge in [0.05, 0.1) is 43.5 Å². The Morgan fingerprint density at radius 1 is 0.881 bits per heavy atom. The summed E-state index contributed by atoms with van der Waals surface area (Å²) in [5, 5.41) is 0.0912. The van der Waals surface area contributed by atoms with Crippen molar-refractivity contribution in [2.45, 2.75) is 169 Å². The van der Waals surface area contributed by atoms with Crippen LogP contribution in [0.1, 0.15) is 113 Å². The molecule has 59 heavy (non-hydrogen) atoms. The summed E-state index contributed by atoms with van der Waals surface area (Å²) in [6.45, 7) is 30.8. The van der Waals surface area contributed by atoms with E-state index in [-0.39, 0.29) is 77.6 Å². The van der Waals surface area contributed by atoms with Crippen LogP contribution in [-0.4, -0.2) is 81.3 Å². The van der Waals surface area contributed by atoms with E-state index in [0.717, 1.165) is 29.7 Å². The molecule has 0 bridgehead atoms. The van der Waals surface area contributed by atoms with Crippen molar-refractivity contribution >= 4 is 20.3 Å². The highest BCUT2D eigenvalue weighted by atomic mass is 28.4. The number of hydrogen-bond acceptors (Lipinski definition) is 9. The zero-order valence-corrected chi connectivity index (χ0v) is 39.7. The van der Waals surface area contributed by atoms with Gasteiger partial charge in [-0.3, -0.25) is 4.79 Å². The highest BCUT2D eigenvalue weighted by Crippen LogP contribution is 2.46. The fraction of sp³-hybridized carbons (Fsp3) is 0.708. The van der Waals surface area contributed by atoms with Gasteiger partial charge in [0, 0.05) is 29.4 Å². The molecule has 3 aliphatic heterocycles. The van der Waals surface area contributed by atoms with Gasteiger partial charge in [0.15, 0.2) is 20.4 Å². The summed E-state index contributed by atoms with van der Waals surface area (Å²) in [5.41, 5.74) is 2.00. The Kier molecular flexibility index (Phi) is 15.3. The van der Waals surface area contributed by atoms with E-state index in [1.54, 1.807) is 7.11 Å². The van der Waals surface area contributed by atoms with Crippen molar-refractivity contribution in [3.05, 3.63) is 65.7 Å². The van der Waals surface area contributed by atoms with Gasteiger partial charge in [0.25, 0.3) is 0 Å². The quantitative estimate of drug-likeness (QED) is 0.162. The summed E-state index contributed by atoms with van der Waals surface area (Å²) in [7, 11) is -0.379. The predicted octanol–water partition coefficient (Wildman–Crippen LogP) is 10.6. The number of methoxy groups -OCH3 is 1. The highest BCUT2D eigenvalue weighted by molar-refractivity contribution is 6.74. The minimum atomic E-state index is -2.05. The standard InChI is InChI=1S/C48H75NO9Si/c1-16-39(58-59(14,15)47(8,9)10)31(4)42-32(5)40(54-45(55-42)36-22-24-38(52-13)25-23-36)29(2)26-30(3)41-33(6)43(57-48(11,12)56-41)34(7)44(50)49-37(28-53-46(49)51)27-35-20-18-17-19-21-35/h17-25,29-34,37,39-43,45H,16,26-28H2,1-15H3/t29-,30+,31+,32+,33-,34-,37-,39-,40+,41+,42+,43+,45-/m1/s1. The van der Waals surface area contributed by atoms with Crippen molar-refractivity contribution in [2.75, 3.05) is 13.7 Å². The molecule has 0 saturated carbocycles. The third-order valence-electron chi connectivity index (χ3n) is 13.9. The summed E-state index contributed by atoms with van der Waals surface area (Å²) >= 11 is 0. The average molecular weight is 838 g/mol. The Balaban J connectivity index is 1.35. The Hall–Kier alpha value is -2.80. The second-order valence-corrected chi connectivity index (χ2v) is 24.6. The van der Waals surface area contributed by atoms with Crippen molar-refractivity contribution in [3.63, 3.8) is 0 Å². The van der Waals surface area contributed by atoms with Crippen molar-refractivity contribution < 1.29 is 42.4 Å². The molecule has 5 rings (SSSR count). The third-order valence-corrected chi connectivity index (χ3v) is 18.4. The number of benzene rings is 2. The van der Waals surface area contributed by atoms with Crippen molar-refractivity contribution in [1.82, 2.24) is 4.90 Å². The number of rotatable bonds is 15. The van der Waals surface area contributed by atoms with Crippen LogP contribution >= 0.6 is 0 Å². The van der Waals surface area contributed by atoms with E-state index < -0.39 is 38.5 Å². The second-order valence-electron chi connectivity index (χ2n) is 19.9. The van der Waals surface area contributed by atoms with Crippen LogP contribution in [0.2, 0.25) is 18.1 Å². The van der Waals surface area contributed by atoms with Crippen LogP contribution in [0.3, 0.4) is 0 Å². The molecule has 3 heterocycles. The molecule has 3 saturated heterocycles. The number of nitrogens with zero attached hydrogens (tertiary/aromatic N) is 1. The Morgan fingerprint density at radius 3 is 2.05 bits per heavy atom. The van der Waals surface area contributed by atoms with Gasteiger partial charge >= 0.3 is 6.09 Å². The number of cyclic esters (lactones) is 1. The molecule has 0 unspecified atom stereocenters. The van der Waals surface area contributed by atoms with Crippen molar-refractivity contribution in [3.8, 4) is 5.75 Å². The molecule has 0 aliphatic carbocycles. The molecule has 2 amide bonds. The summed E-state index contributed by atoms with van der Waals surface area (Å²) in [5.74, 6) is -0.738. The monoisotopic (exact) mass is 838 g/mol. The SMILES string of the molecule is CC[C@@H](O[Si](C)(C)C(C)(C)C)[C@H](C)[C@@H]1O[C@H](c2ccc(OC)cc2)O[C@@H]([C@H](C)C[C@H](C)[C@@H]2OC(C)(C)O[C@H]([C@@H](C)C(=O)N3C(=O)OC[C@H]3Cc3ccccc3)[C@@H]2C)[C@@H]1C. The van der Waals surface area contributed by atoms with Crippen LogP contribution in [0.25, 0.3) is 0 Å². The van der Waals surface area contributed by atoms with Crippen LogP contribution in [0.15, 0.2) is 54.6 Å². The molecule has 0 radical (unpaired) electrons. The minimum Gasteiger partial charge on any atom is -0.497 e. The maximum Gasteiger partial charge on any atom is 0.416 e. The van der Waals surface area contributed by atoms with Gasteiger partial charge in [0.2, 0.25) is 5.91 Å². The second kappa shape index (κ2) is 19.1. The number of amides is 2. The molecular weight excluding hydrogens is 763 g/mol. The summed E-state index contributed by atoms with van der Waals surface area (Å²) in [6, 6.07) is 17.5. The van der Waals surface area contributed by atoms with E-state index in [1.165, 1.54) is 4.90 Å². The third kappa shape index (κ3) is 10.8. The molecule has 0 N–H and O–H groups in total. The lowest BCUT2D eigenvalue weighted by atomic mass is 9.75.